The minimum absolute atomic E-state index is 0.0264. The van der Waals surface area contributed by atoms with Crippen LogP contribution >= 0.6 is 0 Å². The monoisotopic (exact) mass is 428 g/mol. The van der Waals surface area contributed by atoms with Crippen LogP contribution in [0.4, 0.5) is 0 Å². The molecular formula is C25H37BO5. The highest BCUT2D eigenvalue weighted by Crippen LogP contribution is 2.59. The number of hydrogen-bond acceptors (Lipinski definition) is 5. The maximum absolute atomic E-state index is 10.3. The highest BCUT2D eigenvalue weighted by molar-refractivity contribution is 6.63. The van der Waals surface area contributed by atoms with Gasteiger partial charge < -0.3 is 23.9 Å². The fraction of sp³-hybridized carbons (Fsp3) is 0.680. The van der Waals surface area contributed by atoms with Crippen molar-refractivity contribution in [3.8, 4) is 11.5 Å². The van der Waals surface area contributed by atoms with E-state index in [0.29, 0.717) is 36.2 Å². The van der Waals surface area contributed by atoms with Crippen molar-refractivity contribution in [3.63, 3.8) is 0 Å². The molecule has 5 nitrogen and oxygen atoms in total. The molecule has 2 N–H and O–H groups in total. The number of fused-ring (bicyclic) bond motifs is 5. The van der Waals surface area contributed by atoms with Crippen molar-refractivity contribution >= 4 is 23.6 Å². The van der Waals surface area contributed by atoms with E-state index in [4.69, 9.17) is 13.9 Å². The van der Waals surface area contributed by atoms with Crippen molar-refractivity contribution in [2.45, 2.75) is 85.0 Å². The van der Waals surface area contributed by atoms with E-state index in [1.807, 2.05) is 19.9 Å². The highest BCUT2D eigenvalue weighted by Gasteiger charge is 2.51. The normalized spacial score (nSPS) is 27.4. The zero-order chi connectivity index (χ0) is 22.6. The molecule has 3 atom stereocenters. The van der Waals surface area contributed by atoms with Crippen molar-refractivity contribution in [3.05, 3.63) is 17.4 Å². The predicted molar refractivity (Wildman–Crippen MR) is 125 cm³/mol. The zero-order valence-corrected chi connectivity index (χ0v) is 19.9. The molecule has 1 unspecified atom stereocenters. The van der Waals surface area contributed by atoms with Crippen LogP contribution in [-0.2, 0) is 5.41 Å². The third-order valence-corrected chi connectivity index (χ3v) is 7.94. The average molecular weight is 428 g/mol. The second-order valence-corrected chi connectivity index (χ2v) is 10.4. The van der Waals surface area contributed by atoms with E-state index in [1.165, 1.54) is 24.8 Å². The maximum atomic E-state index is 10.3. The summed E-state index contributed by atoms with van der Waals surface area (Å²) in [5.74, 6) is 2.73. The smallest absolute Gasteiger partial charge is 0.490 e. The Labute approximate surface area is 186 Å². The minimum Gasteiger partial charge on any atom is -0.490 e. The lowest BCUT2D eigenvalue weighted by Crippen LogP contribution is -2.44. The molecule has 1 aromatic carbocycles. The molecule has 0 radical (unpaired) electrons. The molecule has 0 bridgehead atoms. The summed E-state index contributed by atoms with van der Waals surface area (Å²) in [6, 6.07) is 2.01. The second-order valence-electron chi connectivity index (χ2n) is 10.4. The summed E-state index contributed by atoms with van der Waals surface area (Å²) in [6.45, 7) is 14.1. The van der Waals surface area contributed by atoms with Gasteiger partial charge in [0.1, 0.15) is 11.3 Å². The van der Waals surface area contributed by atoms with E-state index in [9.17, 15) is 10.0 Å². The Morgan fingerprint density at radius 3 is 2.45 bits per heavy atom. The summed E-state index contributed by atoms with van der Waals surface area (Å²) >= 11 is 0. The van der Waals surface area contributed by atoms with Gasteiger partial charge in [0.2, 0.25) is 0 Å². The lowest BCUT2D eigenvalue weighted by Gasteiger charge is -2.50. The van der Waals surface area contributed by atoms with Crippen LogP contribution in [0, 0.1) is 11.3 Å². The predicted octanol–water partition coefficient (Wildman–Crippen LogP) is 4.89. The Balaban J connectivity index is 2.07. The molecule has 0 spiro atoms. The first-order valence-corrected chi connectivity index (χ1v) is 11.9. The van der Waals surface area contributed by atoms with E-state index in [1.54, 1.807) is 0 Å². The van der Waals surface area contributed by atoms with Gasteiger partial charge in [-0.3, -0.25) is 0 Å². The first kappa shape index (κ1) is 22.5. The van der Waals surface area contributed by atoms with Crippen LogP contribution in [-0.4, -0.2) is 30.4 Å². The van der Waals surface area contributed by atoms with Crippen LogP contribution in [0.15, 0.2) is 10.5 Å². The van der Waals surface area contributed by atoms with E-state index < -0.39 is 7.12 Å². The Morgan fingerprint density at radius 2 is 1.81 bits per heavy atom. The van der Waals surface area contributed by atoms with Crippen molar-refractivity contribution in [2.24, 2.45) is 11.3 Å². The van der Waals surface area contributed by atoms with Crippen molar-refractivity contribution in [1.82, 2.24) is 0 Å². The standard InChI is InChI=1S/C25H37BO5/c1-7-29-17-14-16-19-21(31-22(16)20(26(27)28)23(17)30-8-2)15(3)10-11-18-24(4,5)12-9-13-25(18,19)6/h14-15,18,27-28H,7-13H2,1-6H3/t15?,18-,25-/m1/s1. The molecule has 2 aromatic rings. The van der Waals surface area contributed by atoms with Gasteiger partial charge in [0.15, 0.2) is 11.5 Å². The van der Waals surface area contributed by atoms with E-state index in [2.05, 4.69) is 27.7 Å². The van der Waals surface area contributed by atoms with Gasteiger partial charge in [-0.05, 0) is 62.3 Å². The highest BCUT2D eigenvalue weighted by atomic mass is 16.5. The molecule has 6 heteroatoms. The van der Waals surface area contributed by atoms with Crippen LogP contribution < -0.4 is 14.9 Å². The fourth-order valence-corrected chi connectivity index (χ4v) is 6.64. The molecule has 0 saturated heterocycles. The molecule has 2 aliphatic rings. The molecule has 0 aliphatic heterocycles. The summed E-state index contributed by atoms with van der Waals surface area (Å²) in [6.07, 6.45) is 5.80. The van der Waals surface area contributed by atoms with Crippen LogP contribution in [0.1, 0.15) is 90.9 Å². The van der Waals surface area contributed by atoms with Gasteiger partial charge >= 0.3 is 7.12 Å². The van der Waals surface area contributed by atoms with Gasteiger partial charge in [-0.25, -0.2) is 0 Å². The molecule has 1 saturated carbocycles. The van der Waals surface area contributed by atoms with Gasteiger partial charge in [0.05, 0.1) is 18.7 Å². The summed E-state index contributed by atoms with van der Waals surface area (Å²) in [5, 5.41) is 21.6. The largest absolute Gasteiger partial charge is 0.496 e. The van der Waals surface area contributed by atoms with Crippen molar-refractivity contribution in [2.75, 3.05) is 13.2 Å². The van der Waals surface area contributed by atoms with Gasteiger partial charge in [0, 0.05) is 16.9 Å². The third-order valence-electron chi connectivity index (χ3n) is 7.94. The van der Waals surface area contributed by atoms with Crippen molar-refractivity contribution < 1.29 is 23.9 Å². The maximum Gasteiger partial charge on any atom is 0.496 e. The van der Waals surface area contributed by atoms with E-state index >= 15 is 0 Å². The van der Waals surface area contributed by atoms with Crippen molar-refractivity contribution in [1.29, 1.82) is 0 Å². The quantitative estimate of drug-likeness (QED) is 0.664. The second kappa shape index (κ2) is 8.04. The zero-order valence-electron chi connectivity index (χ0n) is 19.9. The van der Waals surface area contributed by atoms with Gasteiger partial charge in [-0.2, -0.15) is 0 Å². The van der Waals surface area contributed by atoms with Crippen LogP contribution in [0.25, 0.3) is 11.0 Å². The fourth-order valence-electron chi connectivity index (χ4n) is 6.64. The summed E-state index contributed by atoms with van der Waals surface area (Å²) < 4.78 is 18.3. The van der Waals surface area contributed by atoms with Gasteiger partial charge in [-0.15, -0.1) is 0 Å². The number of hydrogen-bond donors (Lipinski definition) is 2. The summed E-state index contributed by atoms with van der Waals surface area (Å²) in [5.41, 5.74) is 2.28. The van der Waals surface area contributed by atoms with Gasteiger partial charge in [0.25, 0.3) is 0 Å². The molecule has 0 amide bonds. The number of rotatable bonds is 5. The first-order chi connectivity index (χ1) is 14.7. The van der Waals surface area contributed by atoms with E-state index in [0.717, 1.165) is 24.0 Å². The van der Waals surface area contributed by atoms with E-state index in [-0.39, 0.29) is 22.2 Å². The topological polar surface area (TPSA) is 72.1 Å². The Hall–Kier alpha value is -1.66. The molecule has 2 aliphatic carbocycles. The Bertz CT molecular complexity index is 963. The first-order valence-electron chi connectivity index (χ1n) is 11.9. The number of furan rings is 1. The lowest BCUT2D eigenvalue weighted by atomic mass is 9.53. The average Bonchev–Trinajstić information content (AvgIpc) is 3.02. The Morgan fingerprint density at radius 1 is 1.10 bits per heavy atom. The van der Waals surface area contributed by atoms with Crippen LogP contribution in [0.2, 0.25) is 0 Å². The summed E-state index contributed by atoms with van der Waals surface area (Å²) in [7, 11) is -1.71. The lowest BCUT2D eigenvalue weighted by molar-refractivity contribution is 0.0504. The molecular weight excluding hydrogens is 391 g/mol. The molecule has 4 rings (SSSR count). The minimum atomic E-state index is -1.71. The third kappa shape index (κ3) is 3.47. The van der Waals surface area contributed by atoms with Gasteiger partial charge in [-0.1, -0.05) is 34.1 Å². The molecule has 170 valence electrons. The number of benzene rings is 1. The summed E-state index contributed by atoms with van der Waals surface area (Å²) in [4.78, 5) is 0. The number of ether oxygens (including phenoxy) is 2. The Kier molecular flexibility index (Phi) is 5.84. The molecule has 1 fully saturated rings. The molecule has 1 aromatic heterocycles. The molecule has 31 heavy (non-hydrogen) atoms. The SMILES string of the molecule is CCOc1cc2c3c(oc2c(B(O)O)c1OCC)C(C)CC[C@@H]1C(C)(C)CCC[C@@]31C. The van der Waals surface area contributed by atoms with Crippen LogP contribution in [0.3, 0.4) is 0 Å². The van der Waals surface area contributed by atoms with Crippen LogP contribution in [0.5, 0.6) is 11.5 Å². The molecule has 1 heterocycles.